The van der Waals surface area contributed by atoms with Gasteiger partial charge in [0.15, 0.2) is 5.78 Å². The van der Waals surface area contributed by atoms with Gasteiger partial charge >= 0.3 is 12.4 Å². The summed E-state index contributed by atoms with van der Waals surface area (Å²) in [7, 11) is -3.58. The molecule has 2 aliphatic rings. The van der Waals surface area contributed by atoms with Crippen LogP contribution < -0.4 is 0 Å². The molecule has 4 aromatic rings. The predicted octanol–water partition coefficient (Wildman–Crippen LogP) is 5.17. The molecular formula is C29H24F7N7O3S. The van der Waals surface area contributed by atoms with Gasteiger partial charge in [0.2, 0.25) is 5.03 Å². The van der Waals surface area contributed by atoms with Crippen molar-refractivity contribution in [2.24, 2.45) is 12.5 Å². The highest BCUT2D eigenvalue weighted by Gasteiger charge is 2.53. The maximum Gasteiger partial charge on any atom is 0.416 e. The van der Waals surface area contributed by atoms with Crippen LogP contribution in [0.5, 0.6) is 0 Å². The molecule has 248 valence electrons. The molecular weight excluding hydrogens is 659 g/mol. The number of alkyl halides is 6. The average Bonchev–Trinajstić information content (AvgIpc) is 3.64. The molecule has 0 saturated heterocycles. The highest BCUT2D eigenvalue weighted by atomic mass is 32.2. The minimum atomic E-state index is -5.00. The molecule has 0 aliphatic heterocycles. The van der Waals surface area contributed by atoms with Crippen LogP contribution >= 0.6 is 0 Å². The summed E-state index contributed by atoms with van der Waals surface area (Å²) in [5, 5.41) is 10.6. The van der Waals surface area contributed by atoms with Crippen molar-refractivity contribution in [3.05, 3.63) is 88.9 Å². The number of carbonyl (C=O) groups is 1. The van der Waals surface area contributed by atoms with E-state index in [4.69, 9.17) is 0 Å². The molecule has 1 fully saturated rings. The first-order valence-corrected chi connectivity index (χ1v) is 15.5. The zero-order chi connectivity index (χ0) is 33.9. The Hall–Kier alpha value is -4.45. The van der Waals surface area contributed by atoms with Crippen molar-refractivity contribution in [3.8, 4) is 5.69 Å². The largest absolute Gasteiger partial charge is 0.416 e. The number of pyridine rings is 1. The van der Waals surface area contributed by atoms with E-state index in [0.717, 1.165) is 17.1 Å². The number of nitrogens with zero attached hydrogens (tertiary/aromatic N) is 7. The number of hydrogen-bond donors (Lipinski definition) is 0. The lowest BCUT2D eigenvalue weighted by Gasteiger charge is -2.46. The number of benzene rings is 1. The van der Waals surface area contributed by atoms with E-state index in [1.807, 2.05) is 0 Å². The fourth-order valence-corrected chi connectivity index (χ4v) is 7.80. The number of halogens is 7. The standard InChI is InChI=1S/C29H24F7N7O3S/c1-41-15-25(39-40-41)47(45,46)42(16-28(31,32)33)22-5-2-18-11-24-17(14-38-43(24)21-6-3-20(30)4-7-21)12-27(18,13-22)26(44)23-10-19(8-9-37-23)29(34,35)36/h3-4,6-11,14-15,22H,2,5,12-13,16H2,1H3/t22-,27-/m0/s1. The first-order chi connectivity index (χ1) is 22.0. The SMILES string of the molecule is Cn1cc(S(=O)(=O)N(CC(F)(F)F)[C@H]2CCC3=Cc4c(cnn4-c4ccc(F)cc4)C[C@]3(C(=O)c3cc(C(F)(F)F)ccn3)C2)nn1. The number of hydrogen-bond acceptors (Lipinski definition) is 7. The Bertz CT molecular complexity index is 1990. The lowest BCUT2D eigenvalue weighted by atomic mass is 9.60. The molecule has 0 bridgehead atoms. The van der Waals surface area contributed by atoms with Crippen LogP contribution in [0.2, 0.25) is 0 Å². The summed E-state index contributed by atoms with van der Waals surface area (Å²) >= 11 is 0. The van der Waals surface area contributed by atoms with E-state index in [-0.39, 0.29) is 23.6 Å². The van der Waals surface area contributed by atoms with Crippen LogP contribution in [0.3, 0.4) is 0 Å². The molecule has 10 nitrogen and oxygen atoms in total. The van der Waals surface area contributed by atoms with Gasteiger partial charge in [-0.25, -0.2) is 17.5 Å². The Morgan fingerprint density at radius 1 is 1.11 bits per heavy atom. The van der Waals surface area contributed by atoms with E-state index < -0.39 is 74.7 Å². The number of aryl methyl sites for hydroxylation is 1. The number of allylic oxidation sites excluding steroid dienone is 1. The Labute approximate surface area is 262 Å². The van der Waals surface area contributed by atoms with Crippen LogP contribution in [-0.4, -0.2) is 67.0 Å². The second kappa shape index (κ2) is 11.4. The fraction of sp³-hybridized carbons (Fsp3) is 0.345. The van der Waals surface area contributed by atoms with E-state index in [1.54, 1.807) is 6.08 Å². The highest BCUT2D eigenvalue weighted by molar-refractivity contribution is 7.89. The fourth-order valence-electron chi connectivity index (χ4n) is 6.25. The molecule has 18 heteroatoms. The van der Waals surface area contributed by atoms with Gasteiger partial charge in [-0.15, -0.1) is 5.10 Å². The third kappa shape index (κ3) is 6.06. The minimum Gasteiger partial charge on any atom is -0.291 e. The van der Waals surface area contributed by atoms with E-state index in [1.165, 1.54) is 42.2 Å². The summed E-state index contributed by atoms with van der Waals surface area (Å²) in [4.78, 5) is 18.3. The van der Waals surface area contributed by atoms with Crippen molar-refractivity contribution in [1.82, 2.24) is 34.1 Å². The van der Waals surface area contributed by atoms with Gasteiger partial charge in [-0.2, -0.15) is 35.7 Å². The Morgan fingerprint density at radius 3 is 2.47 bits per heavy atom. The molecule has 2 aliphatic carbocycles. The van der Waals surface area contributed by atoms with Gasteiger partial charge in [0, 0.05) is 19.3 Å². The van der Waals surface area contributed by atoms with Gasteiger partial charge in [-0.1, -0.05) is 10.8 Å². The number of aromatic nitrogens is 6. The van der Waals surface area contributed by atoms with Gasteiger partial charge in [-0.3, -0.25) is 14.5 Å². The second-order valence-corrected chi connectivity index (χ2v) is 13.3. The van der Waals surface area contributed by atoms with E-state index in [2.05, 4.69) is 20.4 Å². The van der Waals surface area contributed by atoms with Gasteiger partial charge in [-0.05, 0) is 73.7 Å². The normalized spacial score (nSPS) is 20.1. The van der Waals surface area contributed by atoms with Gasteiger partial charge in [0.1, 0.15) is 18.1 Å². The molecule has 1 saturated carbocycles. The monoisotopic (exact) mass is 683 g/mol. The number of Topliss-reactive ketones (excluding diaryl/α,β-unsaturated/α-hetero) is 1. The third-order valence-corrected chi connectivity index (χ3v) is 10.1. The van der Waals surface area contributed by atoms with Crippen LogP contribution in [0.1, 0.15) is 46.6 Å². The summed E-state index contributed by atoms with van der Waals surface area (Å²) < 4.78 is 126. The summed E-state index contributed by atoms with van der Waals surface area (Å²) in [6.07, 6.45) is -6.08. The quantitative estimate of drug-likeness (QED) is 0.195. The molecule has 3 aromatic heterocycles. The van der Waals surface area contributed by atoms with Crippen LogP contribution in [0.25, 0.3) is 11.8 Å². The number of fused-ring (bicyclic) bond motifs is 2. The second-order valence-electron chi connectivity index (χ2n) is 11.4. The van der Waals surface area contributed by atoms with Crippen LogP contribution in [0, 0.1) is 11.2 Å². The highest BCUT2D eigenvalue weighted by Crippen LogP contribution is 2.52. The lowest BCUT2D eigenvalue weighted by Crippen LogP contribution is -2.52. The smallest absolute Gasteiger partial charge is 0.291 e. The first-order valence-electron chi connectivity index (χ1n) is 14.0. The molecule has 0 spiro atoms. The van der Waals surface area contributed by atoms with Crippen molar-refractivity contribution >= 4 is 21.9 Å². The Kier molecular flexibility index (Phi) is 7.85. The van der Waals surface area contributed by atoms with Crippen molar-refractivity contribution in [1.29, 1.82) is 0 Å². The molecule has 0 N–H and O–H groups in total. The summed E-state index contributed by atoms with van der Waals surface area (Å²) in [6.45, 7) is -1.91. The Balaban J connectivity index is 1.48. The molecule has 3 heterocycles. The zero-order valence-corrected chi connectivity index (χ0v) is 25.1. The van der Waals surface area contributed by atoms with E-state index in [9.17, 15) is 43.9 Å². The van der Waals surface area contributed by atoms with E-state index in [0.29, 0.717) is 34.7 Å². The number of rotatable bonds is 7. The van der Waals surface area contributed by atoms with Crippen molar-refractivity contribution in [3.63, 3.8) is 0 Å². The van der Waals surface area contributed by atoms with Gasteiger partial charge in [0.05, 0.1) is 34.8 Å². The van der Waals surface area contributed by atoms with Gasteiger partial charge < -0.3 is 0 Å². The number of sulfonamides is 1. The maximum atomic E-state index is 14.4. The van der Waals surface area contributed by atoms with Crippen LogP contribution in [-0.2, 0) is 29.7 Å². The first kappa shape index (κ1) is 32.5. The predicted molar refractivity (Wildman–Crippen MR) is 150 cm³/mol. The molecule has 2 atom stereocenters. The summed E-state index contributed by atoms with van der Waals surface area (Å²) in [6, 6.07) is 5.17. The zero-order valence-electron chi connectivity index (χ0n) is 24.3. The minimum absolute atomic E-state index is 0.0895. The maximum absolute atomic E-state index is 14.4. The van der Waals surface area contributed by atoms with Crippen molar-refractivity contribution in [2.45, 2.75) is 49.1 Å². The molecule has 0 radical (unpaired) electrons. The van der Waals surface area contributed by atoms with Crippen molar-refractivity contribution < 1.29 is 43.9 Å². The lowest BCUT2D eigenvalue weighted by molar-refractivity contribution is -0.140. The molecule has 6 rings (SSSR count). The van der Waals surface area contributed by atoms with E-state index >= 15 is 0 Å². The Morgan fingerprint density at radius 2 is 1.83 bits per heavy atom. The van der Waals surface area contributed by atoms with Crippen LogP contribution in [0.4, 0.5) is 30.7 Å². The molecule has 1 aromatic carbocycles. The van der Waals surface area contributed by atoms with Crippen molar-refractivity contribution in [2.75, 3.05) is 6.54 Å². The molecule has 0 unspecified atom stereocenters. The topological polar surface area (TPSA) is 116 Å². The number of carbonyl (C=O) groups excluding carboxylic acids is 1. The third-order valence-electron chi connectivity index (χ3n) is 8.36. The molecule has 47 heavy (non-hydrogen) atoms. The molecule has 0 amide bonds. The number of ketones is 1. The van der Waals surface area contributed by atoms with Gasteiger partial charge in [0.25, 0.3) is 10.0 Å². The summed E-state index contributed by atoms with van der Waals surface area (Å²) in [5.41, 5.74) is -1.82. The summed E-state index contributed by atoms with van der Waals surface area (Å²) in [5.74, 6) is -1.41. The average molecular weight is 684 g/mol. The van der Waals surface area contributed by atoms with Crippen LogP contribution in [0.15, 0.2) is 65.6 Å².